The van der Waals surface area contributed by atoms with Gasteiger partial charge in [0.05, 0.1) is 0 Å². The third-order valence-electron chi connectivity index (χ3n) is 4.25. The molecule has 1 saturated carbocycles. The molecule has 0 unspecified atom stereocenters. The van der Waals surface area contributed by atoms with E-state index in [1.807, 2.05) is 6.07 Å². The second-order valence-corrected chi connectivity index (χ2v) is 5.31. The number of hydrogen-bond donors (Lipinski definition) is 2. The Morgan fingerprint density at radius 3 is 2.56 bits per heavy atom. The maximum absolute atomic E-state index is 10.1. The maximum Gasteiger partial charge on any atom is 0.120 e. The minimum atomic E-state index is -0.250. The molecule has 0 aromatic heterocycles. The number of aryl methyl sites for hydroxylation is 1. The fraction of sp³-hybridized carbons (Fsp3) is 0.571. The topological polar surface area (TPSA) is 46.2 Å². The Bertz CT molecular complexity index is 419. The van der Waals surface area contributed by atoms with Gasteiger partial charge in [-0.3, -0.25) is 0 Å². The summed E-state index contributed by atoms with van der Waals surface area (Å²) in [5.41, 5.74) is 10.1. The van der Waals surface area contributed by atoms with Gasteiger partial charge in [-0.15, -0.1) is 0 Å². The molecule has 2 nitrogen and oxygen atoms in total. The van der Waals surface area contributed by atoms with Crippen molar-refractivity contribution in [3.8, 4) is 5.75 Å². The fourth-order valence-electron chi connectivity index (χ4n) is 3.47. The highest BCUT2D eigenvalue weighted by Crippen LogP contribution is 2.44. The molecule has 1 aromatic carbocycles. The van der Waals surface area contributed by atoms with Gasteiger partial charge < -0.3 is 10.8 Å². The first-order chi connectivity index (χ1) is 7.71. The van der Waals surface area contributed by atoms with Gasteiger partial charge in [-0.25, -0.2) is 0 Å². The number of rotatable bonds is 1. The molecular weight excluding hydrogens is 198 g/mol. The Morgan fingerprint density at radius 2 is 1.81 bits per heavy atom. The smallest absolute Gasteiger partial charge is 0.120 e. The lowest BCUT2D eigenvalue weighted by Gasteiger charge is -2.28. The number of phenolic OH excluding ortho intramolecular Hbond substituents is 1. The summed E-state index contributed by atoms with van der Waals surface area (Å²) >= 11 is 0. The largest absolute Gasteiger partial charge is 0.508 e. The zero-order chi connectivity index (χ0) is 11.2. The number of phenols is 1. The van der Waals surface area contributed by atoms with Crippen LogP contribution in [0.2, 0.25) is 0 Å². The molecule has 1 aromatic rings. The van der Waals surface area contributed by atoms with E-state index in [1.165, 1.54) is 30.4 Å². The number of benzene rings is 1. The molecule has 2 heteroatoms. The van der Waals surface area contributed by atoms with Crippen LogP contribution in [0.5, 0.6) is 5.75 Å². The standard InChI is InChI=1S/C14H19NO/c15-14(8-1-2-9-14)13-11-5-3-4-10(11)6-7-12(13)16/h6-7,16H,1-5,8-9,15H2. The van der Waals surface area contributed by atoms with Crippen LogP contribution in [0, 0.1) is 0 Å². The lowest BCUT2D eigenvalue weighted by Crippen LogP contribution is -2.34. The normalized spacial score (nSPS) is 22.3. The molecule has 16 heavy (non-hydrogen) atoms. The van der Waals surface area contributed by atoms with Crippen LogP contribution in [0.15, 0.2) is 12.1 Å². The van der Waals surface area contributed by atoms with Gasteiger partial charge in [-0.1, -0.05) is 18.9 Å². The van der Waals surface area contributed by atoms with Crippen LogP contribution in [0.1, 0.15) is 48.8 Å². The average molecular weight is 217 g/mol. The predicted octanol–water partition coefficient (Wildman–Crippen LogP) is 2.61. The first kappa shape index (κ1) is 10.2. The van der Waals surface area contributed by atoms with E-state index < -0.39 is 0 Å². The van der Waals surface area contributed by atoms with Crippen molar-refractivity contribution in [1.29, 1.82) is 0 Å². The number of aromatic hydroxyl groups is 1. The van der Waals surface area contributed by atoms with Crippen molar-refractivity contribution >= 4 is 0 Å². The molecule has 0 radical (unpaired) electrons. The van der Waals surface area contributed by atoms with E-state index >= 15 is 0 Å². The van der Waals surface area contributed by atoms with Crippen molar-refractivity contribution in [2.45, 2.75) is 50.5 Å². The van der Waals surface area contributed by atoms with E-state index in [9.17, 15) is 5.11 Å². The molecule has 1 fully saturated rings. The second kappa shape index (κ2) is 3.49. The highest BCUT2D eigenvalue weighted by atomic mass is 16.3. The minimum Gasteiger partial charge on any atom is -0.508 e. The molecule has 0 amide bonds. The summed E-state index contributed by atoms with van der Waals surface area (Å²) in [6, 6.07) is 3.91. The monoisotopic (exact) mass is 217 g/mol. The second-order valence-electron chi connectivity index (χ2n) is 5.31. The lowest BCUT2D eigenvalue weighted by molar-refractivity contribution is 0.406. The van der Waals surface area contributed by atoms with Crippen LogP contribution >= 0.6 is 0 Å². The van der Waals surface area contributed by atoms with Gasteiger partial charge in [0.2, 0.25) is 0 Å². The molecule has 0 heterocycles. The first-order valence-electron chi connectivity index (χ1n) is 6.34. The minimum absolute atomic E-state index is 0.250. The zero-order valence-electron chi connectivity index (χ0n) is 9.63. The van der Waals surface area contributed by atoms with Crippen molar-refractivity contribution in [1.82, 2.24) is 0 Å². The van der Waals surface area contributed by atoms with Crippen LogP contribution in [0.4, 0.5) is 0 Å². The quantitative estimate of drug-likeness (QED) is 0.759. The number of fused-ring (bicyclic) bond motifs is 1. The Balaban J connectivity index is 2.15. The van der Waals surface area contributed by atoms with Crippen molar-refractivity contribution in [2.24, 2.45) is 5.73 Å². The lowest BCUT2D eigenvalue weighted by atomic mass is 9.84. The van der Waals surface area contributed by atoms with Gasteiger partial charge in [0, 0.05) is 11.1 Å². The first-order valence-corrected chi connectivity index (χ1v) is 6.34. The van der Waals surface area contributed by atoms with Crippen LogP contribution in [0.3, 0.4) is 0 Å². The Hall–Kier alpha value is -1.02. The highest BCUT2D eigenvalue weighted by Gasteiger charge is 2.36. The van der Waals surface area contributed by atoms with Crippen LogP contribution in [0.25, 0.3) is 0 Å². The van der Waals surface area contributed by atoms with Gasteiger partial charge in [0.1, 0.15) is 5.75 Å². The molecule has 86 valence electrons. The predicted molar refractivity (Wildman–Crippen MR) is 64.5 cm³/mol. The number of hydrogen-bond acceptors (Lipinski definition) is 2. The summed E-state index contributed by atoms with van der Waals surface area (Å²) in [7, 11) is 0. The summed E-state index contributed by atoms with van der Waals surface area (Å²) in [6.45, 7) is 0. The summed E-state index contributed by atoms with van der Waals surface area (Å²) in [4.78, 5) is 0. The van der Waals surface area contributed by atoms with Crippen molar-refractivity contribution in [3.05, 3.63) is 28.8 Å². The van der Waals surface area contributed by atoms with Gasteiger partial charge >= 0.3 is 0 Å². The van der Waals surface area contributed by atoms with E-state index in [0.717, 1.165) is 31.2 Å². The highest BCUT2D eigenvalue weighted by molar-refractivity contribution is 5.50. The van der Waals surface area contributed by atoms with Crippen LogP contribution < -0.4 is 5.73 Å². The van der Waals surface area contributed by atoms with E-state index in [4.69, 9.17) is 5.73 Å². The average Bonchev–Trinajstić information content (AvgIpc) is 2.86. The molecule has 0 spiro atoms. The number of nitrogens with two attached hydrogens (primary N) is 1. The van der Waals surface area contributed by atoms with E-state index in [-0.39, 0.29) is 5.54 Å². The zero-order valence-corrected chi connectivity index (χ0v) is 9.63. The van der Waals surface area contributed by atoms with Crippen LogP contribution in [-0.4, -0.2) is 5.11 Å². The molecule has 0 atom stereocenters. The molecule has 0 saturated heterocycles. The Labute approximate surface area is 96.5 Å². The molecular formula is C14H19NO. The SMILES string of the molecule is NC1(c2c(O)ccc3c2CCC3)CCCC1. The van der Waals surface area contributed by atoms with Crippen LogP contribution in [-0.2, 0) is 18.4 Å². The van der Waals surface area contributed by atoms with Crippen molar-refractivity contribution < 1.29 is 5.11 Å². The summed E-state index contributed by atoms with van der Waals surface area (Å²) in [5.74, 6) is 0.421. The molecule has 2 aliphatic carbocycles. The van der Waals surface area contributed by atoms with E-state index in [0.29, 0.717) is 5.75 Å². The fourth-order valence-corrected chi connectivity index (χ4v) is 3.47. The van der Waals surface area contributed by atoms with Crippen molar-refractivity contribution in [3.63, 3.8) is 0 Å². The Kier molecular flexibility index (Phi) is 2.21. The Morgan fingerprint density at radius 1 is 1.06 bits per heavy atom. The van der Waals surface area contributed by atoms with E-state index in [1.54, 1.807) is 0 Å². The summed E-state index contributed by atoms with van der Waals surface area (Å²) < 4.78 is 0. The van der Waals surface area contributed by atoms with Gasteiger partial charge in [-0.2, -0.15) is 0 Å². The van der Waals surface area contributed by atoms with Gasteiger partial charge in [-0.05, 0) is 49.3 Å². The molecule has 0 bridgehead atoms. The third-order valence-corrected chi connectivity index (χ3v) is 4.25. The van der Waals surface area contributed by atoms with Gasteiger partial charge in [0.25, 0.3) is 0 Å². The van der Waals surface area contributed by atoms with Gasteiger partial charge in [0.15, 0.2) is 0 Å². The third kappa shape index (κ3) is 1.36. The molecule has 3 N–H and O–H groups in total. The summed E-state index contributed by atoms with van der Waals surface area (Å²) in [6.07, 6.45) is 7.89. The van der Waals surface area contributed by atoms with Crippen molar-refractivity contribution in [2.75, 3.05) is 0 Å². The molecule has 2 aliphatic rings. The molecule has 3 rings (SSSR count). The van der Waals surface area contributed by atoms with E-state index in [2.05, 4.69) is 6.07 Å². The maximum atomic E-state index is 10.1. The molecule has 0 aliphatic heterocycles. The summed E-state index contributed by atoms with van der Waals surface area (Å²) in [5, 5.41) is 10.1.